The van der Waals surface area contributed by atoms with E-state index in [9.17, 15) is 9.18 Å². The van der Waals surface area contributed by atoms with Crippen LogP contribution in [0.5, 0.6) is 0 Å². The Morgan fingerprint density at radius 3 is 2.61 bits per heavy atom. The summed E-state index contributed by atoms with van der Waals surface area (Å²) in [5, 5.41) is 4.59. The summed E-state index contributed by atoms with van der Waals surface area (Å²) >= 11 is 0. The van der Waals surface area contributed by atoms with E-state index in [2.05, 4.69) is 20.2 Å². The van der Waals surface area contributed by atoms with E-state index in [-0.39, 0.29) is 11.9 Å². The molecule has 0 aliphatic carbocycles. The largest absolute Gasteiger partial charge is 0.352 e. The number of nitrogens with two attached hydrogens (primary N) is 1. The molecule has 1 amide bonds. The molecule has 1 saturated heterocycles. The van der Waals surface area contributed by atoms with Crippen molar-refractivity contribution in [3.05, 3.63) is 78.5 Å². The van der Waals surface area contributed by atoms with E-state index < -0.39 is 5.82 Å². The van der Waals surface area contributed by atoms with Gasteiger partial charge < -0.3 is 16.0 Å². The van der Waals surface area contributed by atoms with Crippen molar-refractivity contribution in [2.24, 2.45) is 5.73 Å². The van der Waals surface area contributed by atoms with Crippen LogP contribution in [0.15, 0.2) is 67.1 Å². The van der Waals surface area contributed by atoms with E-state index in [0.717, 1.165) is 40.9 Å². The lowest BCUT2D eigenvalue weighted by atomic mass is 10.1. The highest BCUT2D eigenvalue weighted by molar-refractivity contribution is 6.04. The molecule has 3 N–H and O–H groups in total. The Balaban J connectivity index is 1.41. The first-order chi connectivity index (χ1) is 15.0. The molecular formula is C23H19FN6O. The molecule has 1 fully saturated rings. The topological polar surface area (TPSA) is 97.0 Å². The predicted molar refractivity (Wildman–Crippen MR) is 117 cm³/mol. The van der Waals surface area contributed by atoms with E-state index in [1.165, 1.54) is 24.3 Å². The lowest BCUT2D eigenvalue weighted by Crippen LogP contribution is -2.56. The van der Waals surface area contributed by atoms with Gasteiger partial charge in [0.15, 0.2) is 0 Å². The summed E-state index contributed by atoms with van der Waals surface area (Å²) in [7, 11) is 0. The van der Waals surface area contributed by atoms with E-state index in [1.807, 2.05) is 18.2 Å². The second-order valence-electron chi connectivity index (χ2n) is 7.52. The molecule has 0 unspecified atom stereocenters. The van der Waals surface area contributed by atoms with Gasteiger partial charge in [-0.25, -0.2) is 14.4 Å². The predicted octanol–water partition coefficient (Wildman–Crippen LogP) is 3.23. The summed E-state index contributed by atoms with van der Waals surface area (Å²) < 4.78 is 13.1. The lowest BCUT2D eigenvalue weighted by Gasteiger charge is -2.37. The Labute approximate surface area is 177 Å². The fourth-order valence-corrected chi connectivity index (χ4v) is 3.51. The van der Waals surface area contributed by atoms with Crippen molar-refractivity contribution in [2.75, 3.05) is 23.3 Å². The molecule has 3 heterocycles. The number of carbonyl (C=O) groups excluding carboxylic acids is 1. The Morgan fingerprint density at radius 2 is 1.84 bits per heavy atom. The van der Waals surface area contributed by atoms with E-state index in [0.29, 0.717) is 11.4 Å². The van der Waals surface area contributed by atoms with E-state index in [1.54, 1.807) is 24.7 Å². The molecule has 154 valence electrons. The normalized spacial score (nSPS) is 13.8. The van der Waals surface area contributed by atoms with Crippen LogP contribution in [0.3, 0.4) is 0 Å². The van der Waals surface area contributed by atoms with Crippen LogP contribution in [0.2, 0.25) is 0 Å². The van der Waals surface area contributed by atoms with E-state index >= 15 is 0 Å². The monoisotopic (exact) mass is 414 g/mol. The van der Waals surface area contributed by atoms with Gasteiger partial charge in [-0.05, 0) is 41.8 Å². The van der Waals surface area contributed by atoms with Crippen LogP contribution in [0.25, 0.3) is 22.0 Å². The van der Waals surface area contributed by atoms with Crippen molar-refractivity contribution in [2.45, 2.75) is 6.04 Å². The minimum absolute atomic E-state index is 0.183. The number of anilines is 2. The maximum absolute atomic E-state index is 13.1. The number of hydrogen-bond acceptors (Lipinski definition) is 6. The summed E-state index contributed by atoms with van der Waals surface area (Å²) in [5.41, 5.74) is 7.89. The zero-order valence-electron chi connectivity index (χ0n) is 16.5. The standard InChI is InChI=1S/C23H19FN6O/c24-18-5-3-14(4-6-18)23(31)29-21-8-17-7-15(1-2-16(17)9-27-21)20-10-26-11-22(28-20)30-12-19(25)13-30/h1-11,19H,12-13,25H2,(H,27,29,31). The summed E-state index contributed by atoms with van der Waals surface area (Å²) in [6, 6.07) is 13.2. The van der Waals surface area contributed by atoms with Crippen molar-refractivity contribution < 1.29 is 9.18 Å². The number of nitrogens with zero attached hydrogens (tertiary/aromatic N) is 4. The molecule has 7 nitrogen and oxygen atoms in total. The number of hydrogen-bond donors (Lipinski definition) is 2. The number of carbonyl (C=O) groups is 1. The zero-order chi connectivity index (χ0) is 21.4. The first kappa shape index (κ1) is 19.1. The minimum atomic E-state index is -0.392. The smallest absolute Gasteiger partial charge is 0.256 e. The summed E-state index contributed by atoms with van der Waals surface area (Å²) in [5.74, 6) is 0.473. The number of benzene rings is 2. The molecule has 2 aromatic heterocycles. The third kappa shape index (κ3) is 3.93. The molecular weight excluding hydrogens is 395 g/mol. The maximum Gasteiger partial charge on any atom is 0.256 e. The summed E-state index contributed by atoms with van der Waals surface area (Å²) in [6.07, 6.45) is 5.16. The first-order valence-electron chi connectivity index (χ1n) is 9.85. The number of pyridine rings is 1. The van der Waals surface area contributed by atoms with Crippen LogP contribution in [0.1, 0.15) is 10.4 Å². The van der Waals surface area contributed by atoms with Gasteiger partial charge in [0.05, 0.1) is 18.1 Å². The molecule has 1 aliphatic heterocycles. The first-order valence-corrected chi connectivity index (χ1v) is 9.85. The highest BCUT2D eigenvalue weighted by atomic mass is 19.1. The highest BCUT2D eigenvalue weighted by Crippen LogP contribution is 2.26. The van der Waals surface area contributed by atoms with Gasteiger partial charge in [-0.1, -0.05) is 12.1 Å². The Bertz CT molecular complexity index is 1270. The molecule has 0 spiro atoms. The minimum Gasteiger partial charge on any atom is -0.352 e. The molecule has 5 rings (SSSR count). The maximum atomic E-state index is 13.1. The van der Waals surface area contributed by atoms with Gasteiger partial charge in [-0.15, -0.1) is 0 Å². The van der Waals surface area contributed by atoms with Crippen LogP contribution >= 0.6 is 0 Å². The molecule has 8 heteroatoms. The molecule has 31 heavy (non-hydrogen) atoms. The third-order valence-corrected chi connectivity index (χ3v) is 5.22. The zero-order valence-corrected chi connectivity index (χ0v) is 16.5. The van der Waals surface area contributed by atoms with Gasteiger partial charge in [0, 0.05) is 41.8 Å². The van der Waals surface area contributed by atoms with Gasteiger partial charge >= 0.3 is 0 Å². The van der Waals surface area contributed by atoms with Crippen LogP contribution in [-0.2, 0) is 0 Å². The van der Waals surface area contributed by atoms with Crippen molar-refractivity contribution >= 4 is 28.3 Å². The van der Waals surface area contributed by atoms with Gasteiger partial charge in [0.25, 0.3) is 5.91 Å². The number of halogens is 1. The molecule has 1 aliphatic rings. The van der Waals surface area contributed by atoms with E-state index in [4.69, 9.17) is 10.7 Å². The molecule has 0 atom stereocenters. The molecule has 2 aromatic carbocycles. The van der Waals surface area contributed by atoms with Crippen molar-refractivity contribution in [3.63, 3.8) is 0 Å². The molecule has 0 bridgehead atoms. The van der Waals surface area contributed by atoms with Gasteiger partial charge in [0.1, 0.15) is 17.5 Å². The number of aromatic nitrogens is 3. The molecule has 0 saturated carbocycles. The summed E-state index contributed by atoms with van der Waals surface area (Å²) in [4.78, 5) is 27.8. The lowest BCUT2D eigenvalue weighted by molar-refractivity contribution is 0.102. The van der Waals surface area contributed by atoms with Crippen LogP contribution in [-0.4, -0.2) is 40.0 Å². The Kier molecular flexibility index (Phi) is 4.76. The number of amides is 1. The number of rotatable bonds is 4. The average molecular weight is 414 g/mol. The number of fused-ring (bicyclic) bond motifs is 1. The van der Waals surface area contributed by atoms with Crippen molar-refractivity contribution in [1.29, 1.82) is 0 Å². The Morgan fingerprint density at radius 1 is 1.03 bits per heavy atom. The quantitative estimate of drug-likeness (QED) is 0.532. The summed E-state index contributed by atoms with van der Waals surface area (Å²) in [6.45, 7) is 1.55. The Hall–Kier alpha value is -3.91. The van der Waals surface area contributed by atoms with Gasteiger partial charge in [0.2, 0.25) is 0 Å². The molecule has 4 aromatic rings. The fraction of sp³-hybridized carbons (Fsp3) is 0.130. The highest BCUT2D eigenvalue weighted by Gasteiger charge is 2.24. The molecule has 0 radical (unpaired) electrons. The van der Waals surface area contributed by atoms with Crippen molar-refractivity contribution in [1.82, 2.24) is 15.0 Å². The van der Waals surface area contributed by atoms with Crippen molar-refractivity contribution in [3.8, 4) is 11.3 Å². The second kappa shape index (κ2) is 7.73. The number of nitrogens with one attached hydrogen (secondary N) is 1. The fourth-order valence-electron chi connectivity index (χ4n) is 3.51. The SMILES string of the molecule is NC1CN(c2cncc(-c3ccc4cnc(NC(=O)c5ccc(F)cc5)cc4c3)n2)C1. The third-order valence-electron chi connectivity index (χ3n) is 5.22. The second-order valence-corrected chi connectivity index (χ2v) is 7.52. The van der Waals surface area contributed by atoms with Gasteiger partial charge in [-0.3, -0.25) is 9.78 Å². The van der Waals surface area contributed by atoms with Crippen LogP contribution < -0.4 is 16.0 Å². The van der Waals surface area contributed by atoms with Gasteiger partial charge in [-0.2, -0.15) is 0 Å². The average Bonchev–Trinajstić information content (AvgIpc) is 2.77. The van der Waals surface area contributed by atoms with Crippen LogP contribution in [0, 0.1) is 5.82 Å². The van der Waals surface area contributed by atoms with Crippen LogP contribution in [0.4, 0.5) is 16.0 Å².